The number of likely N-dealkylation sites (tertiary alicyclic amines) is 1. The van der Waals surface area contributed by atoms with Gasteiger partial charge in [0, 0.05) is 20.1 Å². The molecule has 0 spiro atoms. The molecule has 0 aliphatic carbocycles. The quantitative estimate of drug-likeness (QED) is 0.124. The lowest BCUT2D eigenvalue weighted by molar-refractivity contribution is -0.145. The van der Waals surface area contributed by atoms with Crippen LogP contribution in [-0.4, -0.2) is 97.1 Å². The summed E-state index contributed by atoms with van der Waals surface area (Å²) in [7, 11) is 3.24. The maximum absolute atomic E-state index is 14.0. The molecule has 1 aliphatic heterocycles. The molecule has 1 aromatic carbocycles. The Morgan fingerprint density at radius 1 is 1.07 bits per heavy atom. The number of carbonyl (C=O) groups is 5. The SMILES string of the molecule is CN[C@@H](Cc1ccccc1)C(=O)N[C@@H](CCCCN)C(=O)N1CCC[C@H](OC)[C@@H]1CCC(=O)N[C@@H](CC(N)=O)C(=O)O. The van der Waals surface area contributed by atoms with Crippen molar-refractivity contribution in [2.75, 3.05) is 27.2 Å². The second-order valence-corrected chi connectivity index (χ2v) is 10.6. The highest BCUT2D eigenvalue weighted by Crippen LogP contribution is 2.25. The van der Waals surface area contributed by atoms with Gasteiger partial charge in [0.2, 0.25) is 23.6 Å². The van der Waals surface area contributed by atoms with Gasteiger partial charge in [0.15, 0.2) is 0 Å². The van der Waals surface area contributed by atoms with E-state index < -0.39 is 48.4 Å². The standard InChI is InChI=1S/C29H46N6O7/c1-32-21(17-19-9-4-3-5-10-19)27(38)34-20(11-6-7-15-30)28(39)35-16-8-12-24(42-2)23(35)13-14-26(37)33-22(29(40)41)18-25(31)36/h3-5,9-10,20-24,32H,6-8,11-18,30H2,1-2H3,(H2,31,36)(H,33,37)(H,34,38)(H,40,41)/t20-,21-,22-,23-,24-/m0/s1. The van der Waals surface area contributed by atoms with Crippen LogP contribution >= 0.6 is 0 Å². The number of benzene rings is 1. The summed E-state index contributed by atoms with van der Waals surface area (Å²) in [6.07, 6.45) is 2.78. The fourth-order valence-electron chi connectivity index (χ4n) is 5.26. The van der Waals surface area contributed by atoms with Crippen molar-refractivity contribution in [3.63, 3.8) is 0 Å². The Balaban J connectivity index is 2.17. The smallest absolute Gasteiger partial charge is 0.326 e. The van der Waals surface area contributed by atoms with E-state index in [0.29, 0.717) is 51.6 Å². The van der Waals surface area contributed by atoms with Crippen molar-refractivity contribution >= 4 is 29.6 Å². The molecular formula is C29H46N6O7. The zero-order valence-electron chi connectivity index (χ0n) is 24.6. The fourth-order valence-corrected chi connectivity index (χ4v) is 5.26. The van der Waals surface area contributed by atoms with Crippen molar-refractivity contribution in [1.82, 2.24) is 20.9 Å². The molecule has 0 unspecified atom stereocenters. The second kappa shape index (κ2) is 18.1. The number of amides is 4. The number of nitrogens with zero attached hydrogens (tertiary/aromatic N) is 1. The molecule has 1 saturated heterocycles. The van der Waals surface area contributed by atoms with E-state index in [9.17, 15) is 29.1 Å². The number of methoxy groups -OCH3 is 1. The predicted octanol–water partition coefficient (Wildman–Crippen LogP) is -0.338. The van der Waals surface area contributed by atoms with E-state index in [-0.39, 0.29) is 30.8 Å². The van der Waals surface area contributed by atoms with Crippen LogP contribution in [0.5, 0.6) is 0 Å². The molecule has 8 N–H and O–H groups in total. The highest BCUT2D eigenvalue weighted by Gasteiger charge is 2.38. The largest absolute Gasteiger partial charge is 0.480 e. The molecule has 234 valence electrons. The zero-order chi connectivity index (χ0) is 31.1. The molecule has 1 fully saturated rings. The number of nitrogens with two attached hydrogens (primary N) is 2. The lowest BCUT2D eigenvalue weighted by Crippen LogP contribution is -2.59. The highest BCUT2D eigenvalue weighted by atomic mass is 16.5. The third kappa shape index (κ3) is 11.0. The van der Waals surface area contributed by atoms with Crippen LogP contribution in [0.2, 0.25) is 0 Å². The maximum atomic E-state index is 14.0. The highest BCUT2D eigenvalue weighted by molar-refractivity contribution is 5.90. The molecule has 1 aliphatic rings. The van der Waals surface area contributed by atoms with E-state index in [2.05, 4.69) is 16.0 Å². The van der Waals surface area contributed by atoms with Crippen molar-refractivity contribution in [2.45, 2.75) is 88.1 Å². The number of carboxylic acid groups (broad SMARTS) is 1. The number of primary amides is 1. The number of ether oxygens (including phenoxy) is 1. The number of aliphatic carboxylic acids is 1. The first-order chi connectivity index (χ1) is 20.1. The first kappa shape index (κ1) is 34.7. The van der Waals surface area contributed by atoms with Gasteiger partial charge in [-0.05, 0) is 64.1 Å². The van der Waals surface area contributed by atoms with Crippen LogP contribution in [0.15, 0.2) is 30.3 Å². The van der Waals surface area contributed by atoms with E-state index in [1.807, 2.05) is 30.3 Å². The number of hydrogen-bond acceptors (Lipinski definition) is 8. The van der Waals surface area contributed by atoms with Crippen LogP contribution in [0.25, 0.3) is 0 Å². The minimum Gasteiger partial charge on any atom is -0.480 e. The number of carbonyl (C=O) groups excluding carboxylic acids is 4. The summed E-state index contributed by atoms with van der Waals surface area (Å²) < 4.78 is 5.68. The molecule has 13 nitrogen and oxygen atoms in total. The summed E-state index contributed by atoms with van der Waals surface area (Å²) in [5.41, 5.74) is 11.8. The van der Waals surface area contributed by atoms with E-state index in [1.54, 1.807) is 19.1 Å². The van der Waals surface area contributed by atoms with Crippen LogP contribution in [-0.2, 0) is 35.1 Å². The van der Waals surface area contributed by atoms with Gasteiger partial charge in [-0.1, -0.05) is 30.3 Å². The van der Waals surface area contributed by atoms with Crippen LogP contribution in [0.3, 0.4) is 0 Å². The molecular weight excluding hydrogens is 544 g/mol. The van der Waals surface area contributed by atoms with E-state index >= 15 is 0 Å². The third-order valence-electron chi connectivity index (χ3n) is 7.52. The summed E-state index contributed by atoms with van der Waals surface area (Å²) in [5.74, 6) is -3.35. The molecule has 4 amide bonds. The monoisotopic (exact) mass is 590 g/mol. The Labute approximate surface area is 247 Å². The van der Waals surface area contributed by atoms with E-state index in [0.717, 1.165) is 5.56 Å². The molecule has 0 bridgehead atoms. The molecule has 2 rings (SSSR count). The topological polar surface area (TPSA) is 206 Å². The van der Waals surface area contributed by atoms with Gasteiger partial charge in [-0.25, -0.2) is 4.79 Å². The first-order valence-electron chi connectivity index (χ1n) is 14.5. The van der Waals surface area contributed by atoms with Gasteiger partial charge in [-0.15, -0.1) is 0 Å². The van der Waals surface area contributed by atoms with Crippen molar-refractivity contribution in [1.29, 1.82) is 0 Å². The molecule has 13 heteroatoms. The van der Waals surface area contributed by atoms with Crippen molar-refractivity contribution in [2.24, 2.45) is 11.5 Å². The second-order valence-electron chi connectivity index (χ2n) is 10.6. The van der Waals surface area contributed by atoms with Crippen LogP contribution in [0, 0.1) is 0 Å². The number of piperidine rings is 1. The van der Waals surface area contributed by atoms with Crippen molar-refractivity contribution in [3.8, 4) is 0 Å². The molecule has 5 atom stereocenters. The number of rotatable bonds is 18. The van der Waals surface area contributed by atoms with Gasteiger partial charge in [0.25, 0.3) is 0 Å². The zero-order valence-corrected chi connectivity index (χ0v) is 24.6. The number of carboxylic acids is 1. The molecule has 42 heavy (non-hydrogen) atoms. The summed E-state index contributed by atoms with van der Waals surface area (Å²) >= 11 is 0. The van der Waals surface area contributed by atoms with Crippen LogP contribution in [0.4, 0.5) is 0 Å². The number of hydrogen-bond donors (Lipinski definition) is 6. The maximum Gasteiger partial charge on any atom is 0.326 e. The van der Waals surface area contributed by atoms with Gasteiger partial charge >= 0.3 is 5.97 Å². The summed E-state index contributed by atoms with van der Waals surface area (Å²) in [6.45, 7) is 0.884. The summed E-state index contributed by atoms with van der Waals surface area (Å²) in [6, 6.07) is 6.34. The van der Waals surface area contributed by atoms with Crippen LogP contribution < -0.4 is 27.4 Å². The predicted molar refractivity (Wildman–Crippen MR) is 156 cm³/mol. The van der Waals surface area contributed by atoms with Crippen LogP contribution in [0.1, 0.15) is 56.9 Å². The lowest BCUT2D eigenvalue weighted by atomic mass is 9.93. The van der Waals surface area contributed by atoms with Gasteiger partial charge in [0.05, 0.1) is 24.6 Å². The molecule has 1 aromatic rings. The normalized spacial score (nSPS) is 18.9. The Bertz CT molecular complexity index is 1040. The number of nitrogens with one attached hydrogen (secondary N) is 3. The summed E-state index contributed by atoms with van der Waals surface area (Å²) in [4.78, 5) is 64.2. The Kier molecular flexibility index (Phi) is 14.9. The average molecular weight is 591 g/mol. The molecule has 0 radical (unpaired) electrons. The lowest BCUT2D eigenvalue weighted by Gasteiger charge is -2.42. The Morgan fingerprint density at radius 3 is 2.38 bits per heavy atom. The van der Waals surface area contributed by atoms with Gasteiger partial charge in [-0.2, -0.15) is 0 Å². The minimum absolute atomic E-state index is 0.0973. The number of likely N-dealkylation sites (N-methyl/N-ethyl adjacent to an activating group) is 1. The Morgan fingerprint density at radius 2 is 1.79 bits per heavy atom. The summed E-state index contributed by atoms with van der Waals surface area (Å²) in [5, 5.41) is 17.6. The van der Waals surface area contributed by atoms with Gasteiger partial charge in [0.1, 0.15) is 12.1 Å². The minimum atomic E-state index is -1.43. The average Bonchev–Trinajstić information content (AvgIpc) is 2.97. The van der Waals surface area contributed by atoms with E-state index in [1.165, 1.54) is 0 Å². The molecule has 0 aromatic heterocycles. The fraction of sp³-hybridized carbons (Fsp3) is 0.621. The first-order valence-corrected chi connectivity index (χ1v) is 14.5. The third-order valence-corrected chi connectivity index (χ3v) is 7.52. The number of unbranched alkanes of at least 4 members (excludes halogenated alkanes) is 1. The van der Waals surface area contributed by atoms with Gasteiger partial charge < -0.3 is 42.2 Å². The molecule has 1 heterocycles. The van der Waals surface area contributed by atoms with Gasteiger partial charge in [-0.3, -0.25) is 19.2 Å². The van der Waals surface area contributed by atoms with Crippen molar-refractivity contribution in [3.05, 3.63) is 35.9 Å². The molecule has 0 saturated carbocycles. The van der Waals surface area contributed by atoms with Crippen molar-refractivity contribution < 1.29 is 33.8 Å². The Hall–Kier alpha value is -3.55. The van der Waals surface area contributed by atoms with E-state index in [4.69, 9.17) is 16.2 Å².